The molecular formula is C13H8F3NO2. The molecule has 2 aromatic carbocycles. The Morgan fingerprint density at radius 3 is 2.11 bits per heavy atom. The topological polar surface area (TPSA) is 43.1 Å². The molecule has 2 rings (SSSR count). The fourth-order valence-corrected chi connectivity index (χ4v) is 1.67. The lowest BCUT2D eigenvalue weighted by Gasteiger charge is -2.08. The van der Waals surface area contributed by atoms with Gasteiger partial charge < -0.3 is 0 Å². The van der Waals surface area contributed by atoms with Gasteiger partial charge in [0, 0.05) is 12.1 Å². The van der Waals surface area contributed by atoms with Crippen LogP contribution in [0.3, 0.4) is 0 Å². The number of halogens is 3. The Morgan fingerprint density at radius 1 is 0.947 bits per heavy atom. The molecule has 0 aromatic heterocycles. The van der Waals surface area contributed by atoms with Gasteiger partial charge >= 0.3 is 6.18 Å². The number of nitrogens with zero attached hydrogens (tertiary/aromatic N) is 1. The number of alkyl halides is 3. The molecule has 0 fully saturated rings. The predicted molar refractivity (Wildman–Crippen MR) is 63.5 cm³/mol. The van der Waals surface area contributed by atoms with E-state index in [4.69, 9.17) is 0 Å². The molecule has 3 nitrogen and oxygen atoms in total. The molecule has 0 atom stereocenters. The highest BCUT2D eigenvalue weighted by molar-refractivity contribution is 5.66. The Balaban J connectivity index is 2.48. The van der Waals surface area contributed by atoms with E-state index in [1.54, 1.807) is 0 Å². The van der Waals surface area contributed by atoms with E-state index in [2.05, 4.69) is 0 Å². The SMILES string of the molecule is O=[N+]([O-])c1cccc(-c2cccc(C(F)(F)F)c2)c1. The van der Waals surface area contributed by atoms with Gasteiger partial charge in [0.15, 0.2) is 0 Å². The van der Waals surface area contributed by atoms with Gasteiger partial charge in [-0.15, -0.1) is 0 Å². The smallest absolute Gasteiger partial charge is 0.258 e. The lowest BCUT2D eigenvalue weighted by molar-refractivity contribution is -0.384. The van der Waals surface area contributed by atoms with E-state index in [1.165, 1.54) is 36.4 Å². The van der Waals surface area contributed by atoms with E-state index >= 15 is 0 Å². The van der Waals surface area contributed by atoms with Crippen LogP contribution in [0.15, 0.2) is 48.5 Å². The van der Waals surface area contributed by atoms with E-state index in [0.29, 0.717) is 11.1 Å². The van der Waals surface area contributed by atoms with Crippen molar-refractivity contribution >= 4 is 5.69 Å². The van der Waals surface area contributed by atoms with Crippen LogP contribution in [0.25, 0.3) is 11.1 Å². The Morgan fingerprint density at radius 2 is 1.53 bits per heavy atom. The van der Waals surface area contributed by atoms with Gasteiger partial charge in [0.1, 0.15) is 0 Å². The zero-order valence-electron chi connectivity index (χ0n) is 9.52. The molecule has 0 radical (unpaired) electrons. The summed E-state index contributed by atoms with van der Waals surface area (Å²) in [4.78, 5) is 10.1. The second kappa shape index (κ2) is 4.72. The number of hydrogen-bond donors (Lipinski definition) is 0. The molecule has 0 saturated carbocycles. The molecule has 0 bridgehead atoms. The summed E-state index contributed by atoms with van der Waals surface area (Å²) in [6, 6.07) is 10.2. The summed E-state index contributed by atoms with van der Waals surface area (Å²) in [5.74, 6) is 0. The molecular weight excluding hydrogens is 259 g/mol. The highest BCUT2D eigenvalue weighted by atomic mass is 19.4. The van der Waals surface area contributed by atoms with Crippen LogP contribution in [0, 0.1) is 10.1 Å². The Labute approximate surface area is 106 Å². The molecule has 0 aliphatic rings. The molecule has 0 spiro atoms. The van der Waals surface area contributed by atoms with Crippen LogP contribution in [0.4, 0.5) is 18.9 Å². The summed E-state index contributed by atoms with van der Waals surface area (Å²) in [7, 11) is 0. The van der Waals surface area contributed by atoms with Gasteiger partial charge in [0.05, 0.1) is 10.5 Å². The van der Waals surface area contributed by atoms with Crippen molar-refractivity contribution in [2.75, 3.05) is 0 Å². The van der Waals surface area contributed by atoms with Crippen LogP contribution in [0.5, 0.6) is 0 Å². The van der Waals surface area contributed by atoms with Gasteiger partial charge in [-0.05, 0) is 23.3 Å². The Bertz CT molecular complexity index is 623. The van der Waals surface area contributed by atoms with E-state index in [-0.39, 0.29) is 5.69 Å². The molecule has 2 aromatic rings. The number of benzene rings is 2. The minimum atomic E-state index is -4.43. The summed E-state index contributed by atoms with van der Waals surface area (Å²) in [6.07, 6.45) is -4.43. The quantitative estimate of drug-likeness (QED) is 0.602. The molecule has 6 heteroatoms. The highest BCUT2D eigenvalue weighted by Gasteiger charge is 2.30. The molecule has 0 amide bonds. The van der Waals surface area contributed by atoms with Crippen molar-refractivity contribution in [2.45, 2.75) is 6.18 Å². The first-order valence-electron chi connectivity index (χ1n) is 5.30. The standard InChI is InChI=1S/C13H8F3NO2/c14-13(15,16)11-5-1-3-9(7-11)10-4-2-6-12(8-10)17(18)19/h1-8H. The third kappa shape index (κ3) is 2.90. The van der Waals surface area contributed by atoms with Gasteiger partial charge in [0.2, 0.25) is 0 Å². The fourth-order valence-electron chi connectivity index (χ4n) is 1.67. The van der Waals surface area contributed by atoms with Crippen LogP contribution in [0.1, 0.15) is 5.56 Å². The van der Waals surface area contributed by atoms with E-state index in [0.717, 1.165) is 12.1 Å². The normalized spacial score (nSPS) is 11.3. The second-order valence-corrected chi connectivity index (χ2v) is 3.89. The maximum atomic E-state index is 12.6. The summed E-state index contributed by atoms with van der Waals surface area (Å²) >= 11 is 0. The fraction of sp³-hybridized carbons (Fsp3) is 0.0769. The van der Waals surface area contributed by atoms with Crippen molar-refractivity contribution < 1.29 is 18.1 Å². The average molecular weight is 267 g/mol. The average Bonchev–Trinajstić information content (AvgIpc) is 2.38. The van der Waals surface area contributed by atoms with Crippen LogP contribution in [-0.4, -0.2) is 4.92 Å². The summed E-state index contributed by atoms with van der Waals surface area (Å²) in [6.45, 7) is 0. The van der Waals surface area contributed by atoms with Crippen molar-refractivity contribution in [1.82, 2.24) is 0 Å². The zero-order valence-corrected chi connectivity index (χ0v) is 9.52. The maximum absolute atomic E-state index is 12.6. The molecule has 0 saturated heterocycles. The monoisotopic (exact) mass is 267 g/mol. The first-order chi connectivity index (χ1) is 8.88. The van der Waals surface area contributed by atoms with Gasteiger partial charge in [-0.1, -0.05) is 24.3 Å². The first kappa shape index (κ1) is 13.1. The maximum Gasteiger partial charge on any atom is 0.416 e. The molecule has 0 aliphatic carbocycles. The van der Waals surface area contributed by atoms with Crippen molar-refractivity contribution in [3.05, 3.63) is 64.2 Å². The summed E-state index contributed by atoms with van der Waals surface area (Å²) in [5, 5.41) is 10.6. The lowest BCUT2D eigenvalue weighted by atomic mass is 10.0. The summed E-state index contributed by atoms with van der Waals surface area (Å²) < 4.78 is 37.7. The Kier molecular flexibility index (Phi) is 3.25. The predicted octanol–water partition coefficient (Wildman–Crippen LogP) is 4.28. The number of hydrogen-bond acceptors (Lipinski definition) is 2. The van der Waals surface area contributed by atoms with Crippen LogP contribution >= 0.6 is 0 Å². The van der Waals surface area contributed by atoms with Crippen LogP contribution in [0.2, 0.25) is 0 Å². The van der Waals surface area contributed by atoms with Gasteiger partial charge in [-0.2, -0.15) is 13.2 Å². The molecule has 0 unspecified atom stereocenters. The van der Waals surface area contributed by atoms with E-state index < -0.39 is 16.7 Å². The second-order valence-electron chi connectivity index (χ2n) is 3.89. The third-order valence-corrected chi connectivity index (χ3v) is 2.58. The van der Waals surface area contributed by atoms with Gasteiger partial charge in [-0.25, -0.2) is 0 Å². The first-order valence-corrected chi connectivity index (χ1v) is 5.30. The number of nitro groups is 1. The van der Waals surface area contributed by atoms with E-state index in [9.17, 15) is 23.3 Å². The lowest BCUT2D eigenvalue weighted by Crippen LogP contribution is -2.04. The minimum Gasteiger partial charge on any atom is -0.258 e. The van der Waals surface area contributed by atoms with Crippen molar-refractivity contribution in [1.29, 1.82) is 0 Å². The number of non-ortho nitro benzene ring substituents is 1. The van der Waals surface area contributed by atoms with Crippen LogP contribution < -0.4 is 0 Å². The molecule has 98 valence electrons. The molecule has 19 heavy (non-hydrogen) atoms. The molecule has 0 aliphatic heterocycles. The summed E-state index contributed by atoms with van der Waals surface area (Å²) in [5.41, 5.74) is -0.273. The zero-order chi connectivity index (χ0) is 14.0. The molecule has 0 heterocycles. The van der Waals surface area contributed by atoms with Crippen LogP contribution in [-0.2, 0) is 6.18 Å². The number of rotatable bonds is 2. The van der Waals surface area contributed by atoms with E-state index in [1.807, 2.05) is 0 Å². The highest BCUT2D eigenvalue weighted by Crippen LogP contribution is 2.32. The van der Waals surface area contributed by atoms with Gasteiger partial charge in [-0.3, -0.25) is 10.1 Å². The minimum absolute atomic E-state index is 0.157. The molecule has 0 N–H and O–H groups in total. The van der Waals surface area contributed by atoms with Crippen molar-refractivity contribution in [2.24, 2.45) is 0 Å². The number of nitro benzene ring substituents is 1. The third-order valence-electron chi connectivity index (χ3n) is 2.58. The van der Waals surface area contributed by atoms with Gasteiger partial charge in [0.25, 0.3) is 5.69 Å². The van der Waals surface area contributed by atoms with Crippen molar-refractivity contribution in [3.8, 4) is 11.1 Å². The van der Waals surface area contributed by atoms with Crippen molar-refractivity contribution in [3.63, 3.8) is 0 Å². The largest absolute Gasteiger partial charge is 0.416 e. The Hall–Kier alpha value is -2.37.